The second-order valence-electron chi connectivity index (χ2n) is 6.51. The van der Waals surface area contributed by atoms with Crippen LogP contribution in [-0.4, -0.2) is 22.4 Å². The highest BCUT2D eigenvalue weighted by Gasteiger charge is 2.35. The molecule has 3 nitrogen and oxygen atoms in total. The topological polar surface area (TPSA) is 29.9 Å². The van der Waals surface area contributed by atoms with Crippen LogP contribution in [0.15, 0.2) is 0 Å². The average molecular weight is 298 g/mol. The van der Waals surface area contributed by atoms with Gasteiger partial charge in [0.15, 0.2) is 0 Å². The van der Waals surface area contributed by atoms with Crippen LogP contribution in [0.5, 0.6) is 0 Å². The molecule has 1 heterocycles. The molecule has 114 valence electrons. The van der Waals surface area contributed by atoms with E-state index in [1.165, 1.54) is 37.7 Å². The molecule has 1 atom stereocenters. The van der Waals surface area contributed by atoms with Crippen LogP contribution in [0.3, 0.4) is 0 Å². The van der Waals surface area contributed by atoms with E-state index in [0.717, 1.165) is 23.8 Å². The third-order valence-electron chi connectivity index (χ3n) is 4.97. The predicted octanol–water partition coefficient (Wildman–Crippen LogP) is 3.87. The first-order valence-electron chi connectivity index (χ1n) is 7.89. The van der Waals surface area contributed by atoms with E-state index in [-0.39, 0.29) is 0 Å². The van der Waals surface area contributed by atoms with E-state index in [9.17, 15) is 0 Å². The van der Waals surface area contributed by atoms with Crippen molar-refractivity contribution in [1.29, 1.82) is 0 Å². The van der Waals surface area contributed by atoms with E-state index >= 15 is 0 Å². The highest BCUT2D eigenvalue weighted by Crippen LogP contribution is 2.40. The van der Waals surface area contributed by atoms with Gasteiger partial charge in [-0.15, -0.1) is 0 Å². The van der Waals surface area contributed by atoms with Crippen LogP contribution in [-0.2, 0) is 13.5 Å². The van der Waals surface area contributed by atoms with E-state index in [1.807, 2.05) is 7.05 Å². The molecule has 1 unspecified atom stereocenters. The lowest BCUT2D eigenvalue weighted by Gasteiger charge is -2.41. The fraction of sp³-hybridized carbons (Fsp3) is 0.812. The maximum absolute atomic E-state index is 6.42. The van der Waals surface area contributed by atoms with E-state index in [2.05, 4.69) is 31.2 Å². The van der Waals surface area contributed by atoms with Gasteiger partial charge >= 0.3 is 0 Å². The van der Waals surface area contributed by atoms with Crippen molar-refractivity contribution in [2.45, 2.75) is 65.3 Å². The molecule has 1 aliphatic carbocycles. The summed E-state index contributed by atoms with van der Waals surface area (Å²) in [5.41, 5.74) is 2.67. The average Bonchev–Trinajstić information content (AvgIpc) is 2.65. The van der Waals surface area contributed by atoms with Gasteiger partial charge in [-0.25, -0.2) is 0 Å². The first-order valence-corrected chi connectivity index (χ1v) is 8.27. The molecule has 0 aliphatic heterocycles. The van der Waals surface area contributed by atoms with Crippen LogP contribution in [0.4, 0.5) is 0 Å². The molecule has 0 saturated heterocycles. The zero-order chi connectivity index (χ0) is 14.8. The number of aryl methyl sites for hydroxylation is 2. The van der Waals surface area contributed by atoms with Crippen LogP contribution >= 0.6 is 11.6 Å². The summed E-state index contributed by atoms with van der Waals surface area (Å²) in [7, 11) is 1.92. The summed E-state index contributed by atoms with van der Waals surface area (Å²) in [6.45, 7) is 7.71. The molecule has 1 aliphatic rings. The van der Waals surface area contributed by atoms with E-state index in [0.29, 0.717) is 11.5 Å². The minimum absolute atomic E-state index is 0.389. The zero-order valence-electron chi connectivity index (χ0n) is 13.3. The molecule has 1 aromatic heterocycles. The van der Waals surface area contributed by atoms with Crippen molar-refractivity contribution in [2.24, 2.45) is 12.5 Å². The second kappa shape index (κ2) is 6.48. The maximum Gasteiger partial charge on any atom is 0.130 e. The second-order valence-corrected chi connectivity index (χ2v) is 6.87. The Balaban J connectivity index is 2.20. The van der Waals surface area contributed by atoms with Crippen LogP contribution in [0.1, 0.15) is 57.2 Å². The van der Waals surface area contributed by atoms with E-state index < -0.39 is 0 Å². The molecule has 0 amide bonds. The van der Waals surface area contributed by atoms with Crippen LogP contribution in [0.2, 0.25) is 5.15 Å². The maximum atomic E-state index is 6.42. The molecule has 0 spiro atoms. The highest BCUT2D eigenvalue weighted by atomic mass is 35.5. The van der Waals surface area contributed by atoms with Gasteiger partial charge in [-0.2, -0.15) is 5.10 Å². The summed E-state index contributed by atoms with van der Waals surface area (Å²) in [4.78, 5) is 0. The van der Waals surface area contributed by atoms with Crippen LogP contribution in [0, 0.1) is 12.3 Å². The molecular weight excluding hydrogens is 270 g/mol. The third kappa shape index (κ3) is 3.20. The first kappa shape index (κ1) is 15.8. The summed E-state index contributed by atoms with van der Waals surface area (Å²) < 4.78 is 1.79. The van der Waals surface area contributed by atoms with Gasteiger partial charge in [-0.1, -0.05) is 44.7 Å². The molecule has 1 saturated carbocycles. The third-order valence-corrected chi connectivity index (χ3v) is 5.44. The molecule has 1 N–H and O–H groups in total. The minimum atomic E-state index is 0.389. The van der Waals surface area contributed by atoms with Crippen molar-refractivity contribution in [3.05, 3.63) is 16.4 Å². The summed E-state index contributed by atoms with van der Waals surface area (Å²) in [5.74, 6) is 0. The Bertz CT molecular complexity index is 447. The van der Waals surface area contributed by atoms with Gasteiger partial charge in [-0.3, -0.25) is 4.68 Å². The van der Waals surface area contributed by atoms with Crippen molar-refractivity contribution in [2.75, 3.05) is 6.54 Å². The number of rotatable bonds is 5. The number of nitrogens with one attached hydrogen (secondary N) is 1. The Labute approximate surface area is 128 Å². The summed E-state index contributed by atoms with van der Waals surface area (Å²) in [5, 5.41) is 8.95. The van der Waals surface area contributed by atoms with Gasteiger partial charge in [-0.05, 0) is 38.1 Å². The van der Waals surface area contributed by atoms with Crippen molar-refractivity contribution in [3.8, 4) is 0 Å². The predicted molar refractivity (Wildman–Crippen MR) is 85.3 cm³/mol. The van der Waals surface area contributed by atoms with E-state index in [4.69, 9.17) is 11.6 Å². The minimum Gasteiger partial charge on any atom is -0.313 e. The Hall–Kier alpha value is -0.540. The lowest BCUT2D eigenvalue weighted by Crippen LogP contribution is -2.46. The summed E-state index contributed by atoms with van der Waals surface area (Å²) in [6, 6.07) is 0.494. The van der Waals surface area contributed by atoms with Gasteiger partial charge in [0, 0.05) is 18.7 Å². The molecule has 2 rings (SSSR count). The Kier molecular flexibility index (Phi) is 5.14. The number of hydrogen-bond acceptors (Lipinski definition) is 2. The van der Waals surface area contributed by atoms with Gasteiger partial charge in [0.1, 0.15) is 5.15 Å². The van der Waals surface area contributed by atoms with Crippen LogP contribution < -0.4 is 5.32 Å². The van der Waals surface area contributed by atoms with Gasteiger partial charge in [0.2, 0.25) is 0 Å². The number of hydrogen-bond donors (Lipinski definition) is 1. The highest BCUT2D eigenvalue weighted by molar-refractivity contribution is 6.30. The number of nitrogens with zero attached hydrogens (tertiary/aromatic N) is 2. The molecule has 1 fully saturated rings. The Morgan fingerprint density at radius 3 is 2.50 bits per heavy atom. The first-order chi connectivity index (χ1) is 9.48. The fourth-order valence-corrected chi connectivity index (χ4v) is 3.88. The van der Waals surface area contributed by atoms with Crippen molar-refractivity contribution < 1.29 is 0 Å². The molecule has 20 heavy (non-hydrogen) atoms. The molecule has 0 bridgehead atoms. The normalized spacial score (nSPS) is 20.1. The molecule has 4 heteroatoms. The van der Waals surface area contributed by atoms with Crippen LogP contribution in [0.25, 0.3) is 0 Å². The number of halogens is 1. The van der Waals surface area contributed by atoms with Gasteiger partial charge < -0.3 is 5.32 Å². The molecule has 1 aromatic rings. The number of aromatic nitrogens is 2. The number of likely N-dealkylation sites (N-methyl/N-ethyl adjacent to an activating group) is 1. The summed E-state index contributed by atoms with van der Waals surface area (Å²) in [6.07, 6.45) is 7.74. The molecule has 0 aromatic carbocycles. The fourth-order valence-electron chi connectivity index (χ4n) is 3.63. The monoisotopic (exact) mass is 297 g/mol. The summed E-state index contributed by atoms with van der Waals surface area (Å²) >= 11 is 6.42. The lowest BCUT2D eigenvalue weighted by molar-refractivity contribution is 0.144. The molecular formula is C16H28ClN3. The largest absolute Gasteiger partial charge is 0.313 e. The van der Waals surface area contributed by atoms with Crippen molar-refractivity contribution in [3.63, 3.8) is 0 Å². The van der Waals surface area contributed by atoms with Gasteiger partial charge in [0.05, 0.1) is 5.69 Å². The van der Waals surface area contributed by atoms with Gasteiger partial charge in [0.25, 0.3) is 0 Å². The van der Waals surface area contributed by atoms with Crippen molar-refractivity contribution in [1.82, 2.24) is 15.1 Å². The lowest BCUT2D eigenvalue weighted by atomic mass is 9.69. The smallest absolute Gasteiger partial charge is 0.130 e. The Morgan fingerprint density at radius 1 is 1.35 bits per heavy atom. The van der Waals surface area contributed by atoms with E-state index in [1.54, 1.807) is 4.68 Å². The standard InChI is InChI=1S/C16H28ClN3/c1-5-18-14(16(3)9-7-6-8-10-16)11-13-12(2)19-20(4)15(13)17/h14,18H,5-11H2,1-4H3. The zero-order valence-corrected chi connectivity index (χ0v) is 14.1. The Morgan fingerprint density at radius 2 is 2.00 bits per heavy atom. The SMILES string of the molecule is CCNC(Cc1c(C)nn(C)c1Cl)C1(C)CCCCC1. The quantitative estimate of drug-likeness (QED) is 0.894. The molecule has 0 radical (unpaired) electrons. The van der Waals surface area contributed by atoms with Crippen molar-refractivity contribution >= 4 is 11.6 Å².